The molecule has 0 fully saturated rings. The molecule has 8 heteroatoms. The van der Waals surface area contributed by atoms with Gasteiger partial charge >= 0.3 is 11.7 Å². The summed E-state index contributed by atoms with van der Waals surface area (Å²) in [5.41, 5.74) is -0.284. The maximum atomic E-state index is 11.5. The number of carboxylic acid groups (broad SMARTS) is 1. The van der Waals surface area contributed by atoms with Crippen molar-refractivity contribution in [2.75, 3.05) is 26.4 Å². The number of hydrogen-bond acceptors (Lipinski definition) is 5. The predicted octanol–water partition coefficient (Wildman–Crippen LogP) is 0.0899. The van der Waals surface area contributed by atoms with E-state index in [-0.39, 0.29) is 11.4 Å². The Bertz CT molecular complexity index is 441. The van der Waals surface area contributed by atoms with Crippen LogP contribution in [-0.2, 0) is 11.3 Å². The molecule has 0 amide bonds. The van der Waals surface area contributed by atoms with Crippen LogP contribution >= 0.6 is 11.8 Å². The number of aromatic nitrogens is 3. The standard InChI is InChI=1S/C10H18N4O3S/c1-13(2)5-3-4-6-14-9(17)11-12-10(14)18-7-8(15)16/h3-7H2,1-2H3,(H,11,17)(H,15,16). The number of rotatable bonds is 8. The Hall–Kier alpha value is -1.28. The third-order valence-electron chi connectivity index (χ3n) is 2.29. The van der Waals surface area contributed by atoms with E-state index in [0.29, 0.717) is 11.7 Å². The van der Waals surface area contributed by atoms with Gasteiger partial charge in [-0.3, -0.25) is 9.36 Å². The van der Waals surface area contributed by atoms with Crippen LogP contribution in [-0.4, -0.2) is 57.1 Å². The second kappa shape index (κ2) is 7.22. The van der Waals surface area contributed by atoms with Crippen LogP contribution in [0.25, 0.3) is 0 Å². The van der Waals surface area contributed by atoms with Gasteiger partial charge in [0.05, 0.1) is 5.75 Å². The molecule has 0 radical (unpaired) electrons. The largest absolute Gasteiger partial charge is 0.481 e. The third kappa shape index (κ3) is 4.92. The third-order valence-corrected chi connectivity index (χ3v) is 3.25. The molecule has 0 bridgehead atoms. The molecular weight excluding hydrogens is 256 g/mol. The summed E-state index contributed by atoms with van der Waals surface area (Å²) < 4.78 is 1.49. The topological polar surface area (TPSA) is 91.2 Å². The number of aromatic amines is 1. The number of H-pyrrole nitrogens is 1. The molecule has 1 heterocycles. The zero-order chi connectivity index (χ0) is 13.5. The summed E-state index contributed by atoms with van der Waals surface area (Å²) >= 11 is 1.05. The lowest BCUT2D eigenvalue weighted by Gasteiger charge is -2.09. The Kier molecular flexibility index (Phi) is 5.93. The summed E-state index contributed by atoms with van der Waals surface area (Å²) in [4.78, 5) is 24.0. The van der Waals surface area contributed by atoms with Crippen molar-refractivity contribution < 1.29 is 9.90 Å². The first kappa shape index (κ1) is 14.8. The van der Waals surface area contributed by atoms with E-state index in [0.717, 1.165) is 31.1 Å². The van der Waals surface area contributed by atoms with Crippen LogP contribution in [0.2, 0.25) is 0 Å². The van der Waals surface area contributed by atoms with E-state index in [1.165, 1.54) is 4.57 Å². The number of hydrogen-bond donors (Lipinski definition) is 2. The number of carbonyl (C=O) groups is 1. The van der Waals surface area contributed by atoms with E-state index in [1.807, 2.05) is 14.1 Å². The van der Waals surface area contributed by atoms with E-state index in [9.17, 15) is 9.59 Å². The van der Waals surface area contributed by atoms with Crippen LogP contribution in [0.3, 0.4) is 0 Å². The minimum absolute atomic E-state index is 0.0952. The Morgan fingerprint density at radius 3 is 2.83 bits per heavy atom. The molecule has 18 heavy (non-hydrogen) atoms. The maximum Gasteiger partial charge on any atom is 0.343 e. The summed E-state index contributed by atoms with van der Waals surface area (Å²) in [6, 6.07) is 0. The molecule has 7 nitrogen and oxygen atoms in total. The average Bonchev–Trinajstić information content (AvgIpc) is 2.63. The molecule has 102 valence electrons. The highest BCUT2D eigenvalue weighted by Gasteiger charge is 2.10. The highest BCUT2D eigenvalue weighted by atomic mass is 32.2. The van der Waals surface area contributed by atoms with Gasteiger partial charge in [0, 0.05) is 6.54 Å². The first-order valence-electron chi connectivity index (χ1n) is 5.65. The molecule has 0 spiro atoms. The molecule has 1 aromatic rings. The van der Waals surface area contributed by atoms with Gasteiger partial charge < -0.3 is 10.0 Å². The van der Waals surface area contributed by atoms with Crippen LogP contribution in [0.1, 0.15) is 12.8 Å². The highest BCUT2D eigenvalue weighted by Crippen LogP contribution is 2.13. The second-order valence-corrected chi connectivity index (χ2v) is 5.10. The van der Waals surface area contributed by atoms with E-state index < -0.39 is 5.97 Å². The van der Waals surface area contributed by atoms with Crippen molar-refractivity contribution in [1.29, 1.82) is 0 Å². The molecule has 0 aliphatic carbocycles. The van der Waals surface area contributed by atoms with Gasteiger partial charge in [-0.2, -0.15) is 0 Å². The van der Waals surface area contributed by atoms with Crippen molar-refractivity contribution in [3.63, 3.8) is 0 Å². The molecule has 0 aliphatic heterocycles. The summed E-state index contributed by atoms with van der Waals surface area (Å²) in [5.74, 6) is -1.02. The second-order valence-electron chi connectivity index (χ2n) is 4.16. The predicted molar refractivity (Wildman–Crippen MR) is 69.0 cm³/mol. The van der Waals surface area contributed by atoms with Crippen LogP contribution in [0.15, 0.2) is 9.95 Å². The molecule has 0 saturated carbocycles. The molecule has 2 N–H and O–H groups in total. The molecule has 0 unspecified atom stereocenters. The fourth-order valence-electron chi connectivity index (χ4n) is 1.43. The van der Waals surface area contributed by atoms with Gasteiger partial charge in [0.2, 0.25) is 0 Å². The molecular formula is C10H18N4O3S. The van der Waals surface area contributed by atoms with Crippen molar-refractivity contribution in [3.8, 4) is 0 Å². The van der Waals surface area contributed by atoms with Gasteiger partial charge in [-0.1, -0.05) is 11.8 Å². The lowest BCUT2D eigenvalue weighted by Crippen LogP contribution is -2.19. The first-order valence-corrected chi connectivity index (χ1v) is 6.64. The molecule has 0 atom stereocenters. The first-order chi connectivity index (χ1) is 8.50. The number of aliphatic carboxylic acids is 1. The molecule has 0 saturated heterocycles. The SMILES string of the molecule is CN(C)CCCCn1c(SCC(=O)O)n[nH]c1=O. The molecule has 1 rings (SSSR count). The smallest absolute Gasteiger partial charge is 0.343 e. The van der Waals surface area contributed by atoms with Gasteiger partial charge in [0.15, 0.2) is 5.16 Å². The van der Waals surface area contributed by atoms with Gasteiger partial charge in [0.25, 0.3) is 0 Å². The van der Waals surface area contributed by atoms with Crippen molar-refractivity contribution in [1.82, 2.24) is 19.7 Å². The van der Waals surface area contributed by atoms with Crippen molar-refractivity contribution in [2.24, 2.45) is 0 Å². The maximum absolute atomic E-state index is 11.5. The van der Waals surface area contributed by atoms with Gasteiger partial charge in [-0.25, -0.2) is 9.89 Å². The van der Waals surface area contributed by atoms with Crippen molar-refractivity contribution in [3.05, 3.63) is 10.5 Å². The Balaban J connectivity index is 2.50. The van der Waals surface area contributed by atoms with Crippen LogP contribution < -0.4 is 5.69 Å². The van der Waals surface area contributed by atoms with Crippen LogP contribution in [0.5, 0.6) is 0 Å². The van der Waals surface area contributed by atoms with E-state index >= 15 is 0 Å². The fraction of sp³-hybridized carbons (Fsp3) is 0.700. The summed E-state index contributed by atoms with van der Waals surface area (Å²) in [6.45, 7) is 1.52. The van der Waals surface area contributed by atoms with Gasteiger partial charge in [-0.15, -0.1) is 5.10 Å². The normalized spacial score (nSPS) is 11.1. The summed E-state index contributed by atoms with van der Waals surface area (Å²) in [6.07, 6.45) is 1.84. The fourth-order valence-corrected chi connectivity index (χ4v) is 2.13. The van der Waals surface area contributed by atoms with Crippen molar-refractivity contribution >= 4 is 17.7 Å². The van der Waals surface area contributed by atoms with Crippen molar-refractivity contribution in [2.45, 2.75) is 24.5 Å². The van der Waals surface area contributed by atoms with E-state index in [4.69, 9.17) is 5.11 Å². The minimum atomic E-state index is -0.922. The minimum Gasteiger partial charge on any atom is -0.481 e. The number of unbranched alkanes of at least 4 members (excludes halogenated alkanes) is 1. The monoisotopic (exact) mass is 274 g/mol. The molecule has 0 aromatic carbocycles. The zero-order valence-electron chi connectivity index (χ0n) is 10.5. The van der Waals surface area contributed by atoms with E-state index in [2.05, 4.69) is 15.1 Å². The van der Waals surface area contributed by atoms with Gasteiger partial charge in [-0.05, 0) is 33.5 Å². The zero-order valence-corrected chi connectivity index (χ0v) is 11.4. The number of nitrogens with zero attached hydrogens (tertiary/aromatic N) is 3. The number of carboxylic acids is 1. The van der Waals surface area contributed by atoms with Gasteiger partial charge in [0.1, 0.15) is 0 Å². The van der Waals surface area contributed by atoms with E-state index in [1.54, 1.807) is 0 Å². The summed E-state index contributed by atoms with van der Waals surface area (Å²) in [7, 11) is 4.00. The number of nitrogens with one attached hydrogen (secondary N) is 1. The number of thioether (sulfide) groups is 1. The molecule has 0 aliphatic rings. The van der Waals surface area contributed by atoms with Crippen LogP contribution in [0, 0.1) is 0 Å². The highest BCUT2D eigenvalue weighted by molar-refractivity contribution is 7.99. The Labute approximate surface area is 109 Å². The lowest BCUT2D eigenvalue weighted by molar-refractivity contribution is -0.133. The Morgan fingerprint density at radius 2 is 2.22 bits per heavy atom. The lowest BCUT2D eigenvalue weighted by atomic mass is 10.3. The quantitative estimate of drug-likeness (QED) is 0.516. The molecule has 1 aromatic heterocycles. The average molecular weight is 274 g/mol. The van der Waals surface area contributed by atoms with Crippen LogP contribution in [0.4, 0.5) is 0 Å². The Morgan fingerprint density at radius 1 is 1.50 bits per heavy atom. The summed E-state index contributed by atoms with van der Waals surface area (Å²) in [5, 5.41) is 15.2.